The number of aliphatic hydroxyl groups is 1. The van der Waals surface area contributed by atoms with Gasteiger partial charge < -0.3 is 5.11 Å². The number of aliphatic hydroxyl groups excluding tert-OH is 1. The average Bonchev–Trinajstić information content (AvgIpc) is 2.92. The zero-order valence-electron chi connectivity index (χ0n) is 7.71. The Bertz CT molecular complexity index is 336. The molecule has 14 heavy (non-hydrogen) atoms. The van der Waals surface area contributed by atoms with Crippen molar-refractivity contribution in [3.05, 3.63) is 34.1 Å². The summed E-state index contributed by atoms with van der Waals surface area (Å²) in [5.74, 6) is 0.164. The first-order valence-corrected chi connectivity index (χ1v) is 5.58. The first-order chi connectivity index (χ1) is 6.66. The topological polar surface area (TPSA) is 20.2 Å². The van der Waals surface area contributed by atoms with Crippen molar-refractivity contribution in [3.8, 4) is 0 Å². The van der Waals surface area contributed by atoms with Crippen LogP contribution in [0.2, 0.25) is 0 Å². The molecule has 1 aliphatic rings. The van der Waals surface area contributed by atoms with Gasteiger partial charge in [-0.1, -0.05) is 22.0 Å². The lowest BCUT2D eigenvalue weighted by molar-refractivity contribution is 0.150. The first kappa shape index (κ1) is 10.1. The number of halogens is 2. The van der Waals surface area contributed by atoms with Crippen LogP contribution < -0.4 is 0 Å². The molecule has 2 rings (SSSR count). The second-order valence-electron chi connectivity index (χ2n) is 3.84. The zero-order chi connectivity index (χ0) is 10.1. The van der Waals surface area contributed by atoms with Crippen molar-refractivity contribution in [1.29, 1.82) is 0 Å². The summed E-state index contributed by atoms with van der Waals surface area (Å²) in [6.45, 7) is 0. The highest BCUT2D eigenvalue weighted by Crippen LogP contribution is 2.34. The monoisotopic (exact) mass is 258 g/mol. The molecule has 0 aromatic heterocycles. The minimum atomic E-state index is -0.370. The van der Waals surface area contributed by atoms with Crippen molar-refractivity contribution in [2.45, 2.75) is 25.4 Å². The van der Waals surface area contributed by atoms with Gasteiger partial charge in [-0.2, -0.15) is 0 Å². The molecule has 1 unspecified atom stereocenters. The first-order valence-electron chi connectivity index (χ1n) is 4.79. The third kappa shape index (κ3) is 2.34. The third-order valence-electron chi connectivity index (χ3n) is 2.61. The molecule has 0 amide bonds. The van der Waals surface area contributed by atoms with Crippen LogP contribution in [0.3, 0.4) is 0 Å². The maximum Gasteiger partial charge on any atom is 0.127 e. The molecular weight excluding hydrogens is 247 g/mol. The van der Waals surface area contributed by atoms with Gasteiger partial charge in [0.1, 0.15) is 5.82 Å². The minimum Gasteiger partial charge on any atom is -0.392 e. The summed E-state index contributed by atoms with van der Waals surface area (Å²) in [6.07, 6.45) is 2.23. The molecule has 76 valence electrons. The second-order valence-corrected chi connectivity index (χ2v) is 4.76. The molecule has 1 aromatic rings. The van der Waals surface area contributed by atoms with Gasteiger partial charge in [-0.15, -0.1) is 0 Å². The van der Waals surface area contributed by atoms with Crippen molar-refractivity contribution in [3.63, 3.8) is 0 Å². The van der Waals surface area contributed by atoms with Crippen LogP contribution in [0, 0.1) is 11.7 Å². The molecule has 1 fully saturated rings. The van der Waals surface area contributed by atoms with E-state index in [2.05, 4.69) is 15.9 Å². The van der Waals surface area contributed by atoms with Crippen LogP contribution in [0.15, 0.2) is 22.7 Å². The molecule has 1 nitrogen and oxygen atoms in total. The Morgan fingerprint density at radius 2 is 2.21 bits per heavy atom. The van der Waals surface area contributed by atoms with Gasteiger partial charge in [0.2, 0.25) is 0 Å². The van der Waals surface area contributed by atoms with Gasteiger partial charge in [0.05, 0.1) is 6.10 Å². The van der Waals surface area contributed by atoms with Crippen LogP contribution >= 0.6 is 15.9 Å². The van der Waals surface area contributed by atoms with Gasteiger partial charge in [0.15, 0.2) is 0 Å². The maximum absolute atomic E-state index is 13.4. The van der Waals surface area contributed by atoms with Gasteiger partial charge in [-0.05, 0) is 36.5 Å². The Labute approximate surface area is 91.1 Å². The fourth-order valence-electron chi connectivity index (χ4n) is 1.56. The van der Waals surface area contributed by atoms with Crippen LogP contribution in [-0.2, 0) is 6.42 Å². The smallest absolute Gasteiger partial charge is 0.127 e. The number of hydrogen-bond donors (Lipinski definition) is 1. The summed E-state index contributed by atoms with van der Waals surface area (Å²) >= 11 is 3.20. The fraction of sp³-hybridized carbons (Fsp3) is 0.455. The van der Waals surface area contributed by atoms with E-state index in [4.69, 9.17) is 0 Å². The van der Waals surface area contributed by atoms with Gasteiger partial charge in [-0.3, -0.25) is 0 Å². The summed E-state index contributed by atoms with van der Waals surface area (Å²) in [5, 5.41) is 9.66. The molecule has 0 saturated heterocycles. The van der Waals surface area contributed by atoms with E-state index in [1.807, 2.05) is 0 Å². The molecule has 3 heteroatoms. The van der Waals surface area contributed by atoms with Crippen LogP contribution in [0.1, 0.15) is 18.4 Å². The van der Waals surface area contributed by atoms with E-state index in [9.17, 15) is 9.50 Å². The van der Waals surface area contributed by atoms with Gasteiger partial charge in [0, 0.05) is 10.9 Å². The largest absolute Gasteiger partial charge is 0.392 e. The lowest BCUT2D eigenvalue weighted by Crippen LogP contribution is -2.13. The normalized spacial score (nSPS) is 18.2. The summed E-state index contributed by atoms with van der Waals surface area (Å²) in [5.41, 5.74) is 0.604. The van der Waals surface area contributed by atoms with Gasteiger partial charge in [0.25, 0.3) is 0 Å². The Morgan fingerprint density at radius 3 is 2.79 bits per heavy atom. The van der Waals surface area contributed by atoms with E-state index in [0.29, 0.717) is 17.9 Å². The third-order valence-corrected chi connectivity index (χ3v) is 3.10. The molecule has 1 atom stereocenters. The van der Waals surface area contributed by atoms with Crippen molar-refractivity contribution in [2.24, 2.45) is 5.92 Å². The Balaban J connectivity index is 2.07. The summed E-state index contributed by atoms with van der Waals surface area (Å²) in [7, 11) is 0. The lowest BCUT2D eigenvalue weighted by Gasteiger charge is -2.09. The second kappa shape index (κ2) is 3.99. The highest BCUT2D eigenvalue weighted by Gasteiger charge is 2.30. The van der Waals surface area contributed by atoms with E-state index >= 15 is 0 Å². The number of benzene rings is 1. The zero-order valence-corrected chi connectivity index (χ0v) is 9.30. The lowest BCUT2D eigenvalue weighted by atomic mass is 10.0. The quantitative estimate of drug-likeness (QED) is 0.884. The average molecular weight is 259 g/mol. The van der Waals surface area contributed by atoms with Crippen molar-refractivity contribution in [1.82, 2.24) is 0 Å². The van der Waals surface area contributed by atoms with Crippen molar-refractivity contribution in [2.75, 3.05) is 0 Å². The number of hydrogen-bond acceptors (Lipinski definition) is 1. The molecule has 0 aliphatic heterocycles. The molecule has 1 aromatic carbocycles. The molecule has 0 spiro atoms. The van der Waals surface area contributed by atoms with Crippen LogP contribution in [0.4, 0.5) is 4.39 Å². The van der Waals surface area contributed by atoms with Crippen molar-refractivity contribution < 1.29 is 9.50 Å². The predicted molar refractivity (Wildman–Crippen MR) is 56.5 cm³/mol. The number of rotatable bonds is 3. The van der Waals surface area contributed by atoms with E-state index in [1.165, 1.54) is 6.07 Å². The van der Waals surface area contributed by atoms with Crippen LogP contribution in [0.25, 0.3) is 0 Å². The fourth-order valence-corrected chi connectivity index (χ4v) is 1.89. The van der Waals surface area contributed by atoms with E-state index in [-0.39, 0.29) is 11.9 Å². The van der Waals surface area contributed by atoms with Crippen molar-refractivity contribution >= 4 is 15.9 Å². The summed E-state index contributed by atoms with van der Waals surface area (Å²) < 4.78 is 14.1. The molecule has 0 heterocycles. The van der Waals surface area contributed by atoms with E-state index in [0.717, 1.165) is 17.3 Å². The highest BCUT2D eigenvalue weighted by molar-refractivity contribution is 9.10. The Kier molecular flexibility index (Phi) is 2.88. The molecule has 1 N–H and O–H groups in total. The Morgan fingerprint density at radius 1 is 1.50 bits per heavy atom. The maximum atomic E-state index is 13.4. The SMILES string of the molecule is OC(Cc1ccc(Br)cc1F)C1CC1. The van der Waals surface area contributed by atoms with E-state index in [1.54, 1.807) is 12.1 Å². The van der Waals surface area contributed by atoms with Gasteiger partial charge >= 0.3 is 0 Å². The molecule has 1 saturated carbocycles. The standard InChI is InChI=1S/C11H12BrFO/c12-9-4-3-8(10(13)6-9)5-11(14)7-1-2-7/h3-4,6-7,11,14H,1-2,5H2. The minimum absolute atomic E-state index is 0.237. The molecule has 0 radical (unpaired) electrons. The summed E-state index contributed by atoms with van der Waals surface area (Å²) in [6, 6.07) is 4.97. The predicted octanol–water partition coefficient (Wildman–Crippen LogP) is 2.90. The van der Waals surface area contributed by atoms with E-state index < -0.39 is 0 Å². The Hall–Kier alpha value is -0.410. The van der Waals surface area contributed by atoms with Crippen LogP contribution in [0.5, 0.6) is 0 Å². The molecular formula is C11H12BrFO. The van der Waals surface area contributed by atoms with Crippen LogP contribution in [-0.4, -0.2) is 11.2 Å². The highest BCUT2D eigenvalue weighted by atomic mass is 79.9. The van der Waals surface area contributed by atoms with Gasteiger partial charge in [-0.25, -0.2) is 4.39 Å². The molecule has 1 aliphatic carbocycles. The summed E-state index contributed by atoms with van der Waals surface area (Å²) in [4.78, 5) is 0. The molecule has 0 bridgehead atoms.